The molecule has 2 aliphatic heterocycles. The highest BCUT2D eigenvalue weighted by molar-refractivity contribution is 6.00. The van der Waals surface area contributed by atoms with E-state index in [1.807, 2.05) is 37.3 Å². The molecule has 4 aromatic rings. The fourth-order valence-electron chi connectivity index (χ4n) is 6.08. The zero-order chi connectivity index (χ0) is 29.8. The average Bonchev–Trinajstić information content (AvgIpc) is 3.05. The van der Waals surface area contributed by atoms with Crippen molar-refractivity contribution in [2.75, 3.05) is 41.7 Å². The number of carboxylic acids is 1. The van der Waals surface area contributed by atoms with Crippen LogP contribution in [0.1, 0.15) is 59.3 Å². The second kappa shape index (κ2) is 12.6. The van der Waals surface area contributed by atoms with E-state index in [0.717, 1.165) is 79.0 Å². The standard InChI is InChI=1S/C33H37N7O3/c1-2-26-30(35-19-28(33(42)43)39-32(41)25-10-9-21-6-3-4-7-24(21)18-25)36-20-37-31(26)40-16-13-22(14-17-40)27-12-11-23-8-5-15-34-29(23)38-27/h3-4,6-7,9-12,18,20,22,28H,2,5,8,13-17,19H2,1H3,(H,34,38)(H,39,41)(H,42,43)(H,35,36,37)/t28-/m0/s1. The maximum atomic E-state index is 13.0. The fourth-order valence-corrected chi connectivity index (χ4v) is 6.08. The smallest absolute Gasteiger partial charge is 0.328 e. The lowest BCUT2D eigenvalue weighted by atomic mass is 9.92. The van der Waals surface area contributed by atoms with Crippen molar-refractivity contribution in [3.8, 4) is 0 Å². The Balaban J connectivity index is 1.10. The number of nitrogens with one attached hydrogen (secondary N) is 3. The molecule has 43 heavy (non-hydrogen) atoms. The Morgan fingerprint density at radius 1 is 1.07 bits per heavy atom. The molecule has 0 radical (unpaired) electrons. The number of hydrogen-bond donors (Lipinski definition) is 4. The Morgan fingerprint density at radius 3 is 2.67 bits per heavy atom. The van der Waals surface area contributed by atoms with Crippen LogP contribution >= 0.6 is 0 Å². The Hall–Kier alpha value is -4.73. The summed E-state index contributed by atoms with van der Waals surface area (Å²) in [5.74, 6) is 1.33. The highest BCUT2D eigenvalue weighted by atomic mass is 16.4. The van der Waals surface area contributed by atoms with E-state index in [4.69, 9.17) is 4.98 Å². The molecule has 4 N–H and O–H groups in total. The van der Waals surface area contributed by atoms with Crippen molar-refractivity contribution in [2.24, 2.45) is 0 Å². The molecule has 2 aromatic carbocycles. The van der Waals surface area contributed by atoms with Gasteiger partial charge in [0.15, 0.2) is 0 Å². The Morgan fingerprint density at radius 2 is 1.88 bits per heavy atom. The molecular formula is C33H37N7O3. The summed E-state index contributed by atoms with van der Waals surface area (Å²) in [7, 11) is 0. The van der Waals surface area contributed by atoms with Crippen LogP contribution in [0, 0.1) is 0 Å². The van der Waals surface area contributed by atoms with Gasteiger partial charge in [0.05, 0.1) is 0 Å². The maximum Gasteiger partial charge on any atom is 0.328 e. The van der Waals surface area contributed by atoms with Gasteiger partial charge in [0.25, 0.3) is 5.91 Å². The number of anilines is 3. The van der Waals surface area contributed by atoms with Gasteiger partial charge in [0.1, 0.15) is 29.8 Å². The molecule has 0 spiro atoms. The van der Waals surface area contributed by atoms with E-state index in [-0.39, 0.29) is 6.54 Å². The Labute approximate surface area is 251 Å². The van der Waals surface area contributed by atoms with E-state index in [0.29, 0.717) is 23.7 Å². The molecule has 10 heteroatoms. The molecule has 1 saturated heterocycles. The van der Waals surface area contributed by atoms with Crippen molar-refractivity contribution in [3.63, 3.8) is 0 Å². The number of benzene rings is 2. The lowest BCUT2D eigenvalue weighted by molar-refractivity contribution is -0.138. The number of piperidine rings is 1. The van der Waals surface area contributed by atoms with Gasteiger partial charge in [-0.3, -0.25) is 4.79 Å². The van der Waals surface area contributed by atoms with E-state index in [1.165, 1.54) is 11.9 Å². The molecular weight excluding hydrogens is 542 g/mol. The predicted molar refractivity (Wildman–Crippen MR) is 168 cm³/mol. The van der Waals surface area contributed by atoms with Crippen LogP contribution < -0.4 is 20.9 Å². The minimum Gasteiger partial charge on any atom is -0.480 e. The van der Waals surface area contributed by atoms with Gasteiger partial charge in [0, 0.05) is 48.9 Å². The molecule has 1 atom stereocenters. The maximum absolute atomic E-state index is 13.0. The largest absolute Gasteiger partial charge is 0.480 e. The third-order valence-corrected chi connectivity index (χ3v) is 8.49. The molecule has 0 aliphatic carbocycles. The first-order valence-corrected chi connectivity index (χ1v) is 15.1. The summed E-state index contributed by atoms with van der Waals surface area (Å²) >= 11 is 0. The van der Waals surface area contributed by atoms with Crippen LogP contribution in [0.3, 0.4) is 0 Å². The van der Waals surface area contributed by atoms with Gasteiger partial charge in [-0.25, -0.2) is 19.7 Å². The quantitative estimate of drug-likeness (QED) is 0.224. The van der Waals surface area contributed by atoms with E-state index < -0.39 is 17.9 Å². The molecule has 0 saturated carbocycles. The third-order valence-electron chi connectivity index (χ3n) is 8.49. The number of rotatable bonds is 9. The molecule has 4 heterocycles. The molecule has 6 rings (SSSR count). The lowest BCUT2D eigenvalue weighted by Gasteiger charge is -2.34. The van der Waals surface area contributed by atoms with Crippen molar-refractivity contribution in [1.29, 1.82) is 0 Å². The number of fused-ring (bicyclic) bond motifs is 2. The molecule has 1 fully saturated rings. The average molecular weight is 580 g/mol. The van der Waals surface area contributed by atoms with Crippen LogP contribution in [0.4, 0.5) is 17.5 Å². The summed E-state index contributed by atoms with van der Waals surface area (Å²) < 4.78 is 0. The van der Waals surface area contributed by atoms with Crippen LogP contribution in [0.25, 0.3) is 10.8 Å². The van der Waals surface area contributed by atoms with Crippen LogP contribution in [0.5, 0.6) is 0 Å². The minimum absolute atomic E-state index is 0.0157. The number of amides is 1. The van der Waals surface area contributed by atoms with Crippen LogP contribution in [0.2, 0.25) is 0 Å². The molecule has 0 unspecified atom stereocenters. The van der Waals surface area contributed by atoms with Crippen LogP contribution in [-0.4, -0.2) is 64.2 Å². The molecule has 1 amide bonds. The fraction of sp³-hybridized carbons (Fsp3) is 0.364. The summed E-state index contributed by atoms with van der Waals surface area (Å²) in [6, 6.07) is 16.3. The normalized spacial score (nSPS) is 15.8. The SMILES string of the molecule is CCc1c(NC[C@H](NC(=O)c2ccc3ccccc3c2)C(=O)O)ncnc1N1CCC(c2ccc3c(n2)NCCC3)CC1. The molecule has 2 aromatic heterocycles. The van der Waals surface area contributed by atoms with Gasteiger partial charge >= 0.3 is 5.97 Å². The molecule has 222 valence electrons. The number of carboxylic acid groups (broad SMARTS) is 1. The second-order valence-electron chi connectivity index (χ2n) is 11.2. The van der Waals surface area contributed by atoms with Crippen molar-refractivity contribution in [1.82, 2.24) is 20.3 Å². The monoisotopic (exact) mass is 579 g/mol. The number of pyridine rings is 1. The Kier molecular flexibility index (Phi) is 8.35. The zero-order valence-electron chi connectivity index (χ0n) is 24.3. The number of nitrogens with zero attached hydrogens (tertiary/aromatic N) is 4. The van der Waals surface area contributed by atoms with E-state index in [1.54, 1.807) is 12.1 Å². The van der Waals surface area contributed by atoms with E-state index >= 15 is 0 Å². The second-order valence-corrected chi connectivity index (χ2v) is 11.2. The summed E-state index contributed by atoms with van der Waals surface area (Å²) in [5.41, 5.74) is 3.80. The van der Waals surface area contributed by atoms with Crippen LogP contribution in [-0.2, 0) is 17.6 Å². The first-order chi connectivity index (χ1) is 21.0. The first-order valence-electron chi connectivity index (χ1n) is 15.1. The molecule has 10 nitrogen and oxygen atoms in total. The van der Waals surface area contributed by atoms with Crippen molar-refractivity contribution in [3.05, 3.63) is 83.3 Å². The van der Waals surface area contributed by atoms with Gasteiger partial charge in [-0.15, -0.1) is 0 Å². The van der Waals surface area contributed by atoms with Gasteiger partial charge in [-0.1, -0.05) is 43.3 Å². The van der Waals surface area contributed by atoms with Crippen LogP contribution in [0.15, 0.2) is 60.9 Å². The van der Waals surface area contributed by atoms with Crippen molar-refractivity contribution >= 4 is 40.1 Å². The predicted octanol–water partition coefficient (Wildman–Crippen LogP) is 4.62. The number of carbonyl (C=O) groups is 2. The first kappa shape index (κ1) is 28.4. The highest BCUT2D eigenvalue weighted by Gasteiger charge is 2.27. The van der Waals surface area contributed by atoms with E-state index in [2.05, 4.69) is 43.0 Å². The number of carbonyl (C=O) groups excluding carboxylic acids is 1. The van der Waals surface area contributed by atoms with Gasteiger partial charge in [-0.05, 0) is 66.6 Å². The summed E-state index contributed by atoms with van der Waals surface area (Å²) in [5, 5.41) is 21.1. The summed E-state index contributed by atoms with van der Waals surface area (Å²) in [6.45, 7) is 4.70. The third kappa shape index (κ3) is 6.23. The lowest BCUT2D eigenvalue weighted by Crippen LogP contribution is -2.45. The molecule has 2 aliphatic rings. The van der Waals surface area contributed by atoms with Gasteiger partial charge in [0.2, 0.25) is 0 Å². The number of aromatic nitrogens is 3. The van der Waals surface area contributed by atoms with Gasteiger partial charge < -0.3 is 26.0 Å². The Bertz CT molecular complexity index is 1630. The summed E-state index contributed by atoms with van der Waals surface area (Å²) in [6.07, 6.45) is 6.38. The molecule has 0 bridgehead atoms. The topological polar surface area (TPSA) is 132 Å². The summed E-state index contributed by atoms with van der Waals surface area (Å²) in [4.78, 5) is 41.3. The van der Waals surface area contributed by atoms with Gasteiger partial charge in [-0.2, -0.15) is 0 Å². The minimum atomic E-state index is -1.14. The van der Waals surface area contributed by atoms with Crippen molar-refractivity contribution in [2.45, 2.75) is 51.0 Å². The number of aryl methyl sites for hydroxylation is 1. The van der Waals surface area contributed by atoms with Crippen molar-refractivity contribution < 1.29 is 14.7 Å². The van der Waals surface area contributed by atoms with E-state index in [9.17, 15) is 14.7 Å². The zero-order valence-corrected chi connectivity index (χ0v) is 24.3. The number of hydrogen-bond acceptors (Lipinski definition) is 8. The highest BCUT2D eigenvalue weighted by Crippen LogP contribution is 2.33. The number of aliphatic carboxylic acids is 1.